The molecule has 0 spiro atoms. The summed E-state index contributed by atoms with van der Waals surface area (Å²) in [6.07, 6.45) is 2.01. The predicted octanol–water partition coefficient (Wildman–Crippen LogP) is 3.85. The van der Waals surface area contributed by atoms with E-state index in [1.54, 1.807) is 36.4 Å². The van der Waals surface area contributed by atoms with Gasteiger partial charge in [-0.1, -0.05) is 42.5 Å². The lowest BCUT2D eigenvalue weighted by molar-refractivity contribution is -0.0368. The molecule has 0 saturated carbocycles. The number of hydrogen-bond donors (Lipinski definition) is 1. The summed E-state index contributed by atoms with van der Waals surface area (Å²) in [7, 11) is 0. The lowest BCUT2D eigenvalue weighted by atomic mass is 9.83. The molecule has 0 radical (unpaired) electrons. The van der Waals surface area contributed by atoms with Crippen LogP contribution in [0.2, 0.25) is 0 Å². The average molecular weight is 351 g/mol. The van der Waals surface area contributed by atoms with Crippen LogP contribution in [0, 0.1) is 5.92 Å². The Labute approximate surface area is 154 Å². The van der Waals surface area contributed by atoms with Gasteiger partial charge >= 0.3 is 5.97 Å². The van der Waals surface area contributed by atoms with Gasteiger partial charge in [0, 0.05) is 17.0 Å². The van der Waals surface area contributed by atoms with E-state index >= 15 is 0 Å². The fourth-order valence-corrected chi connectivity index (χ4v) is 3.41. The van der Waals surface area contributed by atoms with Crippen molar-refractivity contribution in [3.63, 3.8) is 0 Å². The van der Waals surface area contributed by atoms with E-state index in [9.17, 15) is 9.59 Å². The predicted molar refractivity (Wildman–Crippen MR) is 101 cm³/mol. The molecule has 136 valence electrons. The SMILES string of the molecule is CC(C)(OC(=O)c1ccc(C(=O)c2ccccc2)cc1)C1CCNCC1. The third kappa shape index (κ3) is 4.20. The molecule has 26 heavy (non-hydrogen) atoms. The molecule has 2 aromatic rings. The van der Waals surface area contributed by atoms with E-state index in [1.165, 1.54) is 0 Å². The largest absolute Gasteiger partial charge is 0.456 e. The Bertz CT molecular complexity index is 760. The Hall–Kier alpha value is -2.46. The summed E-state index contributed by atoms with van der Waals surface area (Å²) in [4.78, 5) is 25.0. The van der Waals surface area contributed by atoms with Crippen molar-refractivity contribution in [2.24, 2.45) is 5.92 Å². The Kier molecular flexibility index (Phi) is 5.52. The van der Waals surface area contributed by atoms with Gasteiger partial charge in [-0.15, -0.1) is 0 Å². The van der Waals surface area contributed by atoms with Crippen molar-refractivity contribution in [1.82, 2.24) is 5.32 Å². The summed E-state index contributed by atoms with van der Waals surface area (Å²) in [5.74, 6) is -0.0422. The molecule has 0 aromatic heterocycles. The molecule has 1 heterocycles. The molecule has 0 unspecified atom stereocenters. The number of ether oxygens (including phenoxy) is 1. The molecule has 1 aliphatic heterocycles. The molecule has 4 heteroatoms. The molecule has 1 N–H and O–H groups in total. The molecule has 0 bridgehead atoms. The number of carbonyl (C=O) groups excluding carboxylic acids is 2. The highest BCUT2D eigenvalue weighted by Gasteiger charge is 2.34. The van der Waals surface area contributed by atoms with Gasteiger partial charge in [-0.2, -0.15) is 0 Å². The van der Waals surface area contributed by atoms with Gasteiger partial charge in [0.2, 0.25) is 0 Å². The van der Waals surface area contributed by atoms with Crippen molar-refractivity contribution in [3.05, 3.63) is 71.3 Å². The first-order valence-electron chi connectivity index (χ1n) is 9.11. The van der Waals surface area contributed by atoms with Gasteiger partial charge in [0.25, 0.3) is 0 Å². The van der Waals surface area contributed by atoms with Crippen LogP contribution in [-0.4, -0.2) is 30.4 Å². The van der Waals surface area contributed by atoms with Gasteiger partial charge in [0.1, 0.15) is 5.60 Å². The van der Waals surface area contributed by atoms with Crippen LogP contribution in [0.4, 0.5) is 0 Å². The first kappa shape index (κ1) is 18.3. The minimum atomic E-state index is -0.502. The average Bonchev–Trinajstić information content (AvgIpc) is 2.68. The van der Waals surface area contributed by atoms with Gasteiger partial charge in [0.15, 0.2) is 5.78 Å². The maximum atomic E-state index is 12.5. The number of benzene rings is 2. The van der Waals surface area contributed by atoms with E-state index in [0.717, 1.165) is 25.9 Å². The monoisotopic (exact) mass is 351 g/mol. The lowest BCUT2D eigenvalue weighted by Gasteiger charge is -2.36. The summed E-state index contributed by atoms with van der Waals surface area (Å²) >= 11 is 0. The highest BCUT2D eigenvalue weighted by atomic mass is 16.6. The summed E-state index contributed by atoms with van der Waals surface area (Å²) in [6.45, 7) is 5.88. The quantitative estimate of drug-likeness (QED) is 0.657. The molecule has 2 aromatic carbocycles. The number of piperidine rings is 1. The molecule has 1 saturated heterocycles. The highest BCUT2D eigenvalue weighted by Crippen LogP contribution is 2.29. The molecular weight excluding hydrogens is 326 g/mol. The highest BCUT2D eigenvalue weighted by molar-refractivity contribution is 6.09. The second kappa shape index (κ2) is 7.83. The first-order chi connectivity index (χ1) is 12.5. The van der Waals surface area contributed by atoms with Crippen LogP contribution in [0.25, 0.3) is 0 Å². The van der Waals surface area contributed by atoms with Crippen molar-refractivity contribution in [1.29, 1.82) is 0 Å². The third-order valence-electron chi connectivity index (χ3n) is 5.10. The smallest absolute Gasteiger partial charge is 0.338 e. The number of rotatable bonds is 5. The Morgan fingerprint density at radius 3 is 2.04 bits per heavy atom. The van der Waals surface area contributed by atoms with E-state index < -0.39 is 5.60 Å². The minimum Gasteiger partial charge on any atom is -0.456 e. The molecule has 1 aliphatic rings. The zero-order valence-electron chi connectivity index (χ0n) is 15.3. The van der Waals surface area contributed by atoms with Crippen LogP contribution < -0.4 is 5.32 Å². The summed E-state index contributed by atoms with van der Waals surface area (Å²) in [5, 5.41) is 3.33. The second-order valence-corrected chi connectivity index (χ2v) is 7.29. The summed E-state index contributed by atoms with van der Waals surface area (Å²) < 4.78 is 5.80. The van der Waals surface area contributed by atoms with Crippen molar-refractivity contribution in [2.45, 2.75) is 32.3 Å². The van der Waals surface area contributed by atoms with Crippen molar-refractivity contribution < 1.29 is 14.3 Å². The van der Waals surface area contributed by atoms with Crippen LogP contribution in [0.3, 0.4) is 0 Å². The number of esters is 1. The molecule has 0 aliphatic carbocycles. The van der Waals surface area contributed by atoms with Gasteiger partial charge in [0.05, 0.1) is 5.56 Å². The Morgan fingerprint density at radius 2 is 1.42 bits per heavy atom. The van der Waals surface area contributed by atoms with E-state index in [1.807, 2.05) is 32.0 Å². The molecule has 0 amide bonds. The normalized spacial score (nSPS) is 15.5. The van der Waals surface area contributed by atoms with E-state index in [4.69, 9.17) is 4.74 Å². The van der Waals surface area contributed by atoms with E-state index in [0.29, 0.717) is 22.6 Å². The zero-order valence-corrected chi connectivity index (χ0v) is 15.3. The first-order valence-corrected chi connectivity index (χ1v) is 9.11. The topological polar surface area (TPSA) is 55.4 Å². The number of nitrogens with one attached hydrogen (secondary N) is 1. The molecule has 3 rings (SSSR count). The van der Waals surface area contributed by atoms with Crippen molar-refractivity contribution in [3.8, 4) is 0 Å². The summed E-state index contributed by atoms with van der Waals surface area (Å²) in [6, 6.07) is 15.8. The maximum Gasteiger partial charge on any atom is 0.338 e. The third-order valence-corrected chi connectivity index (χ3v) is 5.10. The maximum absolute atomic E-state index is 12.5. The fourth-order valence-electron chi connectivity index (χ4n) is 3.41. The minimum absolute atomic E-state index is 0.0550. The number of ketones is 1. The van der Waals surface area contributed by atoms with Gasteiger partial charge < -0.3 is 10.1 Å². The summed E-state index contributed by atoms with van der Waals surface area (Å²) in [5.41, 5.74) is 1.16. The van der Waals surface area contributed by atoms with Gasteiger partial charge in [-0.25, -0.2) is 4.79 Å². The van der Waals surface area contributed by atoms with Crippen LogP contribution in [0.5, 0.6) is 0 Å². The second-order valence-electron chi connectivity index (χ2n) is 7.29. The lowest BCUT2D eigenvalue weighted by Crippen LogP contribution is -2.42. The van der Waals surface area contributed by atoms with Crippen LogP contribution in [-0.2, 0) is 4.74 Å². The van der Waals surface area contributed by atoms with Crippen molar-refractivity contribution >= 4 is 11.8 Å². The Balaban J connectivity index is 1.68. The van der Waals surface area contributed by atoms with Gasteiger partial charge in [-0.05, 0) is 51.9 Å². The molecule has 1 fully saturated rings. The fraction of sp³-hybridized carbons (Fsp3) is 0.364. The van der Waals surface area contributed by atoms with Crippen LogP contribution in [0.15, 0.2) is 54.6 Å². The van der Waals surface area contributed by atoms with E-state index in [2.05, 4.69) is 5.32 Å². The number of carbonyl (C=O) groups is 2. The van der Waals surface area contributed by atoms with Crippen LogP contribution in [0.1, 0.15) is 53.0 Å². The zero-order chi connectivity index (χ0) is 18.6. The molecule has 0 atom stereocenters. The van der Waals surface area contributed by atoms with E-state index in [-0.39, 0.29) is 11.8 Å². The van der Waals surface area contributed by atoms with Gasteiger partial charge in [-0.3, -0.25) is 4.79 Å². The number of hydrogen-bond acceptors (Lipinski definition) is 4. The standard InChI is InChI=1S/C22H25NO3/c1-22(2,19-12-14-23-15-13-19)26-21(25)18-10-8-17(9-11-18)20(24)16-6-4-3-5-7-16/h3-11,19,23H,12-15H2,1-2H3. The Morgan fingerprint density at radius 1 is 0.885 bits per heavy atom. The van der Waals surface area contributed by atoms with Crippen molar-refractivity contribution in [2.75, 3.05) is 13.1 Å². The molecule has 4 nitrogen and oxygen atoms in total. The van der Waals surface area contributed by atoms with Crippen LogP contribution >= 0.6 is 0 Å². The molecular formula is C22H25NO3.